The maximum atomic E-state index is 13.8. The van der Waals surface area contributed by atoms with Crippen LogP contribution in [0.2, 0.25) is 0 Å². The van der Waals surface area contributed by atoms with Gasteiger partial charge in [-0.05, 0) is 118 Å². The predicted molar refractivity (Wildman–Crippen MR) is 141 cm³/mol. The minimum atomic E-state index is -4.85. The maximum absolute atomic E-state index is 13.8. The molecule has 1 heterocycles. The zero-order valence-electron chi connectivity index (χ0n) is 21.9. The Morgan fingerprint density at radius 2 is 1.95 bits per heavy atom. The second kappa shape index (κ2) is 11.2. The van der Waals surface area contributed by atoms with Gasteiger partial charge in [-0.3, -0.25) is 0 Å². The molecule has 1 unspecified atom stereocenters. The fourth-order valence-corrected chi connectivity index (χ4v) is 6.64. The van der Waals surface area contributed by atoms with Crippen molar-refractivity contribution in [2.24, 2.45) is 5.92 Å². The van der Waals surface area contributed by atoms with Gasteiger partial charge in [0.2, 0.25) is 0 Å². The van der Waals surface area contributed by atoms with Crippen LogP contribution in [-0.2, 0) is 11.6 Å². The summed E-state index contributed by atoms with van der Waals surface area (Å²) in [5.74, 6) is -0.968. The van der Waals surface area contributed by atoms with Crippen molar-refractivity contribution in [2.75, 3.05) is 31.5 Å². The number of unbranched alkanes of at least 4 members (excludes halogenated alkanes) is 1. The van der Waals surface area contributed by atoms with Crippen LogP contribution < -0.4 is 5.32 Å². The Morgan fingerprint density at radius 1 is 1.15 bits per heavy atom. The van der Waals surface area contributed by atoms with Gasteiger partial charge < -0.3 is 15.1 Å². The van der Waals surface area contributed by atoms with Gasteiger partial charge in [-0.25, -0.2) is 9.18 Å². The number of amides is 2. The van der Waals surface area contributed by atoms with Crippen LogP contribution in [0.1, 0.15) is 68.1 Å². The molecule has 9 heteroatoms. The Labute approximate surface area is 226 Å². The second-order valence-corrected chi connectivity index (χ2v) is 11.2. The molecular formula is C30H34F4N4O. The maximum Gasteiger partial charge on any atom is 0.419 e. The van der Waals surface area contributed by atoms with Crippen LogP contribution in [0.4, 0.5) is 28.0 Å². The molecule has 0 bridgehead atoms. The average Bonchev–Trinajstić information content (AvgIpc) is 3.43. The van der Waals surface area contributed by atoms with E-state index in [2.05, 4.69) is 22.4 Å². The summed E-state index contributed by atoms with van der Waals surface area (Å²) in [5.41, 5.74) is 0.404. The summed E-state index contributed by atoms with van der Waals surface area (Å²) >= 11 is 0. The number of likely N-dealkylation sites (tertiary alicyclic amines) is 1. The van der Waals surface area contributed by atoms with Gasteiger partial charge in [0, 0.05) is 18.3 Å². The minimum Gasteiger partial charge on any atom is -0.322 e. The molecule has 2 saturated carbocycles. The van der Waals surface area contributed by atoms with Crippen LogP contribution in [0.25, 0.3) is 0 Å². The van der Waals surface area contributed by atoms with Gasteiger partial charge in [-0.15, -0.1) is 0 Å². The SMILES string of the molecule is N#Cc1cccc([C@]23CC[C@@H](N(CCCCN4CCCC4)C(=O)Nc4ccc(F)c(C(F)(F)F)c4)CC2C3)c1. The van der Waals surface area contributed by atoms with E-state index in [1.54, 1.807) is 11.0 Å². The number of halogens is 4. The third-order valence-corrected chi connectivity index (χ3v) is 8.83. The fraction of sp³-hybridized carbons (Fsp3) is 0.533. The number of urea groups is 1. The van der Waals surface area contributed by atoms with Crippen molar-refractivity contribution in [3.05, 3.63) is 65.0 Å². The first-order chi connectivity index (χ1) is 18.7. The molecule has 2 aromatic rings. The quantitative estimate of drug-likeness (QED) is 0.291. The van der Waals surface area contributed by atoms with Gasteiger partial charge in [0.25, 0.3) is 0 Å². The zero-order chi connectivity index (χ0) is 27.6. The number of hydrogen-bond donors (Lipinski definition) is 1. The molecule has 2 aromatic carbocycles. The molecule has 0 aromatic heterocycles. The fourth-order valence-electron chi connectivity index (χ4n) is 6.64. The summed E-state index contributed by atoms with van der Waals surface area (Å²) in [6.07, 6.45) is 2.83. The Morgan fingerprint density at radius 3 is 2.67 bits per heavy atom. The molecule has 3 aliphatic rings. The lowest BCUT2D eigenvalue weighted by Gasteiger charge is -2.37. The van der Waals surface area contributed by atoms with Gasteiger partial charge in [0.1, 0.15) is 5.82 Å². The smallest absolute Gasteiger partial charge is 0.322 e. The summed E-state index contributed by atoms with van der Waals surface area (Å²) in [7, 11) is 0. The van der Waals surface area contributed by atoms with Gasteiger partial charge in [0.05, 0.1) is 17.2 Å². The lowest BCUT2D eigenvalue weighted by molar-refractivity contribution is -0.139. The van der Waals surface area contributed by atoms with E-state index < -0.39 is 23.6 Å². The number of fused-ring (bicyclic) bond motifs is 1. The Kier molecular flexibility index (Phi) is 7.86. The van der Waals surface area contributed by atoms with Crippen molar-refractivity contribution in [2.45, 2.75) is 69.0 Å². The molecule has 39 heavy (non-hydrogen) atoms. The highest BCUT2D eigenvalue weighted by Gasteiger charge is 2.58. The summed E-state index contributed by atoms with van der Waals surface area (Å²) in [6, 6.07) is 12.1. The first-order valence-electron chi connectivity index (χ1n) is 13.9. The highest BCUT2D eigenvalue weighted by Crippen LogP contribution is 2.63. The molecular weight excluding hydrogens is 508 g/mol. The van der Waals surface area contributed by atoms with E-state index in [1.165, 1.54) is 24.5 Å². The van der Waals surface area contributed by atoms with E-state index in [1.807, 2.05) is 12.1 Å². The Hall–Kier alpha value is -3.12. The van der Waals surface area contributed by atoms with Gasteiger partial charge in [-0.1, -0.05) is 12.1 Å². The minimum absolute atomic E-state index is 0.0286. The number of hydrogen-bond acceptors (Lipinski definition) is 3. The standard InChI is InChI=1S/C30H34F4N4O/c31-27-9-8-24(18-26(27)30(32,33)34)36-28(39)38(15-4-3-14-37-12-1-2-13-37)25-10-11-29(19-23(29)17-25)22-7-5-6-21(16-22)20-35/h5-9,16,18,23,25H,1-4,10-15,17,19H2,(H,36,39)/t23?,25-,29-/m1/s1. The van der Waals surface area contributed by atoms with Crippen LogP contribution in [0.5, 0.6) is 0 Å². The number of benzene rings is 2. The second-order valence-electron chi connectivity index (χ2n) is 11.2. The Balaban J connectivity index is 1.28. The summed E-state index contributed by atoms with van der Waals surface area (Å²) in [4.78, 5) is 17.7. The number of nitrogens with one attached hydrogen (secondary N) is 1. The normalized spacial score (nSPS) is 24.6. The third-order valence-electron chi connectivity index (χ3n) is 8.83. The van der Waals surface area contributed by atoms with Gasteiger partial charge in [-0.2, -0.15) is 18.4 Å². The molecule has 1 aliphatic heterocycles. The number of anilines is 1. The van der Waals surface area contributed by atoms with Crippen LogP contribution in [-0.4, -0.2) is 48.1 Å². The number of alkyl halides is 3. The van der Waals surface area contributed by atoms with E-state index in [4.69, 9.17) is 0 Å². The lowest BCUT2D eigenvalue weighted by atomic mass is 9.80. The zero-order valence-corrected chi connectivity index (χ0v) is 21.9. The molecule has 0 spiro atoms. The van der Waals surface area contributed by atoms with Crippen molar-refractivity contribution < 1.29 is 22.4 Å². The topological polar surface area (TPSA) is 59.4 Å². The monoisotopic (exact) mass is 542 g/mol. The molecule has 1 saturated heterocycles. The number of carbonyl (C=O) groups excluding carboxylic acids is 1. The van der Waals surface area contributed by atoms with Gasteiger partial charge >= 0.3 is 12.2 Å². The van der Waals surface area contributed by atoms with E-state index >= 15 is 0 Å². The number of rotatable bonds is 8. The van der Waals surface area contributed by atoms with Crippen molar-refractivity contribution in [3.63, 3.8) is 0 Å². The number of carbonyl (C=O) groups is 1. The van der Waals surface area contributed by atoms with Crippen LogP contribution in [0.15, 0.2) is 42.5 Å². The highest BCUT2D eigenvalue weighted by molar-refractivity contribution is 5.89. The summed E-state index contributed by atoms with van der Waals surface area (Å²) in [5, 5.41) is 11.9. The van der Waals surface area contributed by atoms with E-state index in [-0.39, 0.29) is 17.1 Å². The van der Waals surface area contributed by atoms with Crippen molar-refractivity contribution in [1.82, 2.24) is 9.80 Å². The Bertz CT molecular complexity index is 1240. The molecule has 208 valence electrons. The molecule has 2 aliphatic carbocycles. The van der Waals surface area contributed by atoms with E-state index in [9.17, 15) is 27.6 Å². The van der Waals surface area contributed by atoms with E-state index in [0.29, 0.717) is 24.1 Å². The first kappa shape index (κ1) is 27.4. The highest BCUT2D eigenvalue weighted by atomic mass is 19.4. The molecule has 2 amide bonds. The molecule has 1 N–H and O–H groups in total. The van der Waals surface area contributed by atoms with E-state index in [0.717, 1.165) is 64.2 Å². The van der Waals surface area contributed by atoms with Crippen LogP contribution in [0.3, 0.4) is 0 Å². The summed E-state index contributed by atoms with van der Waals surface area (Å²) < 4.78 is 53.5. The summed E-state index contributed by atoms with van der Waals surface area (Å²) in [6.45, 7) is 3.71. The molecule has 5 nitrogen and oxygen atoms in total. The average molecular weight is 543 g/mol. The first-order valence-corrected chi connectivity index (χ1v) is 13.9. The largest absolute Gasteiger partial charge is 0.419 e. The number of nitrogens with zero attached hydrogens (tertiary/aromatic N) is 3. The molecule has 3 atom stereocenters. The van der Waals surface area contributed by atoms with Crippen molar-refractivity contribution >= 4 is 11.7 Å². The van der Waals surface area contributed by atoms with Crippen LogP contribution >= 0.6 is 0 Å². The van der Waals surface area contributed by atoms with Crippen molar-refractivity contribution in [3.8, 4) is 6.07 Å². The molecule has 3 fully saturated rings. The molecule has 5 rings (SSSR count). The lowest BCUT2D eigenvalue weighted by Crippen LogP contribution is -2.46. The third kappa shape index (κ3) is 6.06. The predicted octanol–water partition coefficient (Wildman–Crippen LogP) is 6.94. The molecule has 0 radical (unpaired) electrons. The van der Waals surface area contributed by atoms with Gasteiger partial charge in [0.15, 0.2) is 0 Å². The van der Waals surface area contributed by atoms with Crippen LogP contribution in [0, 0.1) is 23.1 Å². The number of nitriles is 1. The van der Waals surface area contributed by atoms with Crippen molar-refractivity contribution in [1.29, 1.82) is 5.26 Å².